The zero-order valence-corrected chi connectivity index (χ0v) is 16.4. The summed E-state index contributed by atoms with van der Waals surface area (Å²) in [6.45, 7) is 0. The van der Waals surface area contributed by atoms with Crippen molar-refractivity contribution < 1.29 is 23.4 Å². The predicted octanol–water partition coefficient (Wildman–Crippen LogP) is 4.04. The lowest BCUT2D eigenvalue weighted by Crippen LogP contribution is -2.07. The van der Waals surface area contributed by atoms with Gasteiger partial charge in [0.2, 0.25) is 11.2 Å². The summed E-state index contributed by atoms with van der Waals surface area (Å²) in [6.07, 6.45) is 3.35. The molecule has 148 valence electrons. The quantitative estimate of drug-likeness (QED) is 0.473. The van der Waals surface area contributed by atoms with Gasteiger partial charge in [-0.1, -0.05) is 6.07 Å². The van der Waals surface area contributed by atoms with E-state index in [1.807, 2.05) is 6.07 Å². The first kappa shape index (κ1) is 18.6. The molecule has 0 spiro atoms. The first-order chi connectivity index (χ1) is 14.1. The van der Waals surface area contributed by atoms with Gasteiger partial charge in [-0.3, -0.25) is 9.78 Å². The fourth-order valence-electron chi connectivity index (χ4n) is 3.45. The van der Waals surface area contributed by atoms with Crippen molar-refractivity contribution in [1.82, 2.24) is 4.98 Å². The number of hydrogen-bond donors (Lipinski definition) is 0. The molecule has 0 atom stereocenters. The van der Waals surface area contributed by atoms with Gasteiger partial charge in [0, 0.05) is 24.0 Å². The highest BCUT2D eigenvalue weighted by Gasteiger charge is 2.24. The summed E-state index contributed by atoms with van der Waals surface area (Å²) in [6, 6.07) is 8.66. The van der Waals surface area contributed by atoms with Crippen LogP contribution in [0.3, 0.4) is 0 Å². The molecular weight excluding hydrogens is 374 g/mol. The van der Waals surface area contributed by atoms with Gasteiger partial charge >= 0.3 is 0 Å². The summed E-state index contributed by atoms with van der Waals surface area (Å²) in [5.41, 5.74) is 1.69. The Kier molecular flexibility index (Phi) is 4.72. The van der Waals surface area contributed by atoms with Gasteiger partial charge in [0.05, 0.1) is 39.4 Å². The molecule has 7 nitrogen and oxygen atoms in total. The van der Waals surface area contributed by atoms with Crippen LogP contribution in [0.2, 0.25) is 0 Å². The van der Waals surface area contributed by atoms with Crippen molar-refractivity contribution in [3.63, 3.8) is 0 Å². The van der Waals surface area contributed by atoms with Gasteiger partial charge in [-0.25, -0.2) is 0 Å². The van der Waals surface area contributed by atoms with E-state index < -0.39 is 0 Å². The summed E-state index contributed by atoms with van der Waals surface area (Å²) in [5, 5.41) is 0.669. The highest BCUT2D eigenvalue weighted by atomic mass is 16.5. The molecule has 2 aromatic carbocycles. The van der Waals surface area contributed by atoms with Crippen LogP contribution in [0.1, 0.15) is 0 Å². The van der Waals surface area contributed by atoms with E-state index in [-0.39, 0.29) is 11.0 Å². The molecule has 0 aliphatic rings. The van der Waals surface area contributed by atoms with Crippen LogP contribution in [0, 0.1) is 0 Å². The molecule has 0 bridgehead atoms. The molecule has 0 aliphatic carbocycles. The molecule has 0 N–H and O–H groups in total. The number of nitrogens with zero attached hydrogens (tertiary/aromatic N) is 1. The zero-order chi connectivity index (χ0) is 20.5. The highest BCUT2D eigenvalue weighted by Crippen LogP contribution is 2.44. The molecular formula is C22H19NO6. The monoisotopic (exact) mass is 393 g/mol. The Morgan fingerprint density at radius 2 is 1.62 bits per heavy atom. The smallest absolute Gasteiger partial charge is 0.204 e. The van der Waals surface area contributed by atoms with E-state index in [1.54, 1.807) is 43.8 Å². The van der Waals surface area contributed by atoms with Crippen LogP contribution in [0.15, 0.2) is 51.9 Å². The standard InChI is InChI=1S/C22H19NO6/c1-25-14-8-7-13-19(24)18-16(27-3)10-15(26-2)17(12-6-5-9-23-11-12)22(18)29-20(13)21(14)28-4/h5-11H,1-4H3. The third kappa shape index (κ3) is 2.82. The molecule has 0 radical (unpaired) electrons. The molecule has 2 aromatic heterocycles. The van der Waals surface area contributed by atoms with Crippen LogP contribution >= 0.6 is 0 Å². The van der Waals surface area contributed by atoms with Gasteiger partial charge in [0.1, 0.15) is 16.9 Å². The molecule has 0 amide bonds. The van der Waals surface area contributed by atoms with E-state index in [4.69, 9.17) is 23.4 Å². The Hall–Kier alpha value is -3.74. The second kappa shape index (κ2) is 7.35. The Morgan fingerprint density at radius 1 is 0.862 bits per heavy atom. The third-order valence-electron chi connectivity index (χ3n) is 4.78. The van der Waals surface area contributed by atoms with E-state index in [1.165, 1.54) is 21.3 Å². The number of methoxy groups -OCH3 is 4. The zero-order valence-electron chi connectivity index (χ0n) is 16.4. The molecule has 4 rings (SSSR count). The van der Waals surface area contributed by atoms with Gasteiger partial charge < -0.3 is 23.4 Å². The van der Waals surface area contributed by atoms with Crippen LogP contribution in [-0.4, -0.2) is 33.4 Å². The largest absolute Gasteiger partial charge is 0.496 e. The van der Waals surface area contributed by atoms with Crippen molar-refractivity contribution in [2.45, 2.75) is 0 Å². The van der Waals surface area contributed by atoms with Crippen LogP contribution in [0.4, 0.5) is 0 Å². The summed E-state index contributed by atoms with van der Waals surface area (Å²) in [5.74, 6) is 1.64. The summed E-state index contributed by atoms with van der Waals surface area (Å²) < 4.78 is 28.2. The second-order valence-corrected chi connectivity index (χ2v) is 6.21. The number of fused-ring (bicyclic) bond motifs is 2. The van der Waals surface area contributed by atoms with Crippen molar-refractivity contribution in [3.8, 4) is 34.1 Å². The first-order valence-electron chi connectivity index (χ1n) is 8.81. The maximum Gasteiger partial charge on any atom is 0.204 e. The summed E-state index contributed by atoms with van der Waals surface area (Å²) >= 11 is 0. The lowest BCUT2D eigenvalue weighted by Gasteiger charge is -2.16. The van der Waals surface area contributed by atoms with Crippen LogP contribution in [0.5, 0.6) is 23.0 Å². The topological polar surface area (TPSA) is 80.0 Å². The van der Waals surface area contributed by atoms with Gasteiger partial charge in [-0.05, 0) is 18.2 Å². The summed E-state index contributed by atoms with van der Waals surface area (Å²) in [4.78, 5) is 17.6. The number of pyridine rings is 1. The average Bonchev–Trinajstić information content (AvgIpc) is 2.77. The Bertz CT molecular complexity index is 1260. The van der Waals surface area contributed by atoms with E-state index in [0.29, 0.717) is 44.9 Å². The SMILES string of the molecule is COc1ccc2c(=O)c3c(OC)cc(OC)c(-c4cccnc4)c3oc2c1OC. The minimum atomic E-state index is -0.244. The van der Waals surface area contributed by atoms with Gasteiger partial charge in [0.25, 0.3) is 0 Å². The molecule has 2 heterocycles. The van der Waals surface area contributed by atoms with Crippen molar-refractivity contribution in [2.75, 3.05) is 28.4 Å². The molecule has 29 heavy (non-hydrogen) atoms. The van der Waals surface area contributed by atoms with Crippen LogP contribution in [0.25, 0.3) is 33.1 Å². The molecule has 7 heteroatoms. The molecule has 0 aliphatic heterocycles. The average molecular weight is 393 g/mol. The van der Waals surface area contributed by atoms with E-state index in [9.17, 15) is 4.79 Å². The van der Waals surface area contributed by atoms with Crippen LogP contribution in [-0.2, 0) is 0 Å². The number of hydrogen-bond acceptors (Lipinski definition) is 7. The highest BCUT2D eigenvalue weighted by molar-refractivity contribution is 6.04. The van der Waals surface area contributed by atoms with Crippen molar-refractivity contribution in [2.24, 2.45) is 0 Å². The second-order valence-electron chi connectivity index (χ2n) is 6.21. The number of ether oxygens (including phenoxy) is 4. The molecule has 4 aromatic rings. The Labute approximate surface area is 166 Å². The number of aromatic nitrogens is 1. The molecule has 0 saturated heterocycles. The fourth-order valence-corrected chi connectivity index (χ4v) is 3.45. The normalized spacial score (nSPS) is 10.9. The fraction of sp³-hybridized carbons (Fsp3) is 0.182. The number of benzene rings is 2. The first-order valence-corrected chi connectivity index (χ1v) is 8.81. The van der Waals surface area contributed by atoms with Gasteiger partial charge in [0.15, 0.2) is 16.9 Å². The molecule has 0 saturated carbocycles. The van der Waals surface area contributed by atoms with Gasteiger partial charge in [-0.15, -0.1) is 0 Å². The van der Waals surface area contributed by atoms with E-state index in [2.05, 4.69) is 4.98 Å². The predicted molar refractivity (Wildman–Crippen MR) is 109 cm³/mol. The summed E-state index contributed by atoms with van der Waals surface area (Å²) in [7, 11) is 6.06. The lowest BCUT2D eigenvalue weighted by atomic mass is 10.0. The minimum absolute atomic E-state index is 0.244. The Balaban J connectivity index is 2.27. The number of rotatable bonds is 5. The molecule has 0 unspecified atom stereocenters. The van der Waals surface area contributed by atoms with Crippen LogP contribution < -0.4 is 24.4 Å². The lowest BCUT2D eigenvalue weighted by molar-refractivity contribution is 0.354. The maximum absolute atomic E-state index is 13.4. The minimum Gasteiger partial charge on any atom is -0.496 e. The van der Waals surface area contributed by atoms with E-state index >= 15 is 0 Å². The van der Waals surface area contributed by atoms with Crippen molar-refractivity contribution in [3.05, 3.63) is 52.9 Å². The maximum atomic E-state index is 13.4. The van der Waals surface area contributed by atoms with Crippen molar-refractivity contribution in [1.29, 1.82) is 0 Å². The van der Waals surface area contributed by atoms with Crippen molar-refractivity contribution >= 4 is 21.9 Å². The van der Waals surface area contributed by atoms with Gasteiger partial charge in [-0.2, -0.15) is 0 Å². The Morgan fingerprint density at radius 3 is 2.24 bits per heavy atom. The molecule has 0 fully saturated rings. The third-order valence-corrected chi connectivity index (χ3v) is 4.78. The van der Waals surface area contributed by atoms with E-state index in [0.717, 1.165) is 5.56 Å².